The van der Waals surface area contributed by atoms with E-state index in [1.165, 1.54) is 0 Å². The van der Waals surface area contributed by atoms with E-state index in [1.807, 2.05) is 26.8 Å². The van der Waals surface area contributed by atoms with E-state index in [1.54, 1.807) is 12.1 Å². The van der Waals surface area contributed by atoms with Crippen LogP contribution in [0.5, 0.6) is 0 Å². The van der Waals surface area contributed by atoms with Crippen molar-refractivity contribution in [1.29, 1.82) is 0 Å². The Morgan fingerprint density at radius 3 is 2.59 bits per heavy atom. The molecular weight excluding hydrogens is 302 g/mol. The maximum atomic E-state index is 12.2. The van der Waals surface area contributed by atoms with Crippen molar-refractivity contribution in [3.8, 4) is 0 Å². The molecule has 94 valence electrons. The molecule has 0 bridgehead atoms. The van der Waals surface area contributed by atoms with E-state index in [0.717, 1.165) is 4.47 Å². The maximum Gasteiger partial charge on any atom is 0.182 e. The van der Waals surface area contributed by atoms with Crippen LogP contribution < -0.4 is 5.32 Å². The average Bonchev–Trinajstić information content (AvgIpc) is 2.13. The Morgan fingerprint density at radius 1 is 1.35 bits per heavy atom. The SMILES string of the molecule is CC(C)(C)C1CS(=O)(=O)c2ccc(Br)cc2N1. The predicted octanol–water partition coefficient (Wildman–Crippen LogP) is 3.06. The van der Waals surface area contributed by atoms with Crippen LogP contribution in [-0.2, 0) is 9.84 Å². The van der Waals surface area contributed by atoms with Crippen LogP contribution in [0.2, 0.25) is 0 Å². The lowest BCUT2D eigenvalue weighted by Gasteiger charge is -2.36. The number of sulfone groups is 1. The molecule has 0 fully saturated rings. The standard InChI is InChI=1S/C12H16BrNO2S/c1-12(2,3)11-7-17(15,16)10-5-4-8(13)6-9(10)14-11/h4-6,11,14H,7H2,1-3H3. The van der Waals surface area contributed by atoms with Gasteiger partial charge in [-0.2, -0.15) is 0 Å². The van der Waals surface area contributed by atoms with Crippen molar-refractivity contribution in [3.63, 3.8) is 0 Å². The van der Waals surface area contributed by atoms with E-state index < -0.39 is 9.84 Å². The largest absolute Gasteiger partial charge is 0.380 e. The highest BCUT2D eigenvalue weighted by atomic mass is 79.9. The van der Waals surface area contributed by atoms with Crippen molar-refractivity contribution < 1.29 is 8.42 Å². The van der Waals surface area contributed by atoms with Crippen LogP contribution in [0.3, 0.4) is 0 Å². The third-order valence-corrected chi connectivity index (χ3v) is 5.33. The van der Waals surface area contributed by atoms with E-state index in [-0.39, 0.29) is 17.2 Å². The topological polar surface area (TPSA) is 46.2 Å². The third kappa shape index (κ3) is 2.50. The third-order valence-electron chi connectivity index (χ3n) is 3.04. The summed E-state index contributed by atoms with van der Waals surface area (Å²) < 4.78 is 25.3. The summed E-state index contributed by atoms with van der Waals surface area (Å²) in [5, 5.41) is 3.32. The normalized spacial score (nSPS) is 22.7. The minimum absolute atomic E-state index is 0.0608. The zero-order valence-corrected chi connectivity index (χ0v) is 12.5. The van der Waals surface area contributed by atoms with Crippen LogP contribution in [-0.4, -0.2) is 20.2 Å². The summed E-state index contributed by atoms with van der Waals surface area (Å²) >= 11 is 3.36. The van der Waals surface area contributed by atoms with E-state index in [2.05, 4.69) is 21.2 Å². The van der Waals surface area contributed by atoms with Crippen LogP contribution in [0, 0.1) is 5.41 Å². The van der Waals surface area contributed by atoms with Gasteiger partial charge in [0, 0.05) is 10.5 Å². The van der Waals surface area contributed by atoms with Gasteiger partial charge in [-0.15, -0.1) is 0 Å². The minimum Gasteiger partial charge on any atom is -0.380 e. The number of anilines is 1. The Kier molecular flexibility index (Phi) is 3.02. The zero-order chi connectivity index (χ0) is 12.8. The highest BCUT2D eigenvalue weighted by molar-refractivity contribution is 9.10. The molecular formula is C12H16BrNO2S. The van der Waals surface area contributed by atoms with E-state index in [4.69, 9.17) is 0 Å². The van der Waals surface area contributed by atoms with E-state index >= 15 is 0 Å². The molecule has 1 atom stereocenters. The molecule has 0 saturated carbocycles. The summed E-state index contributed by atoms with van der Waals surface area (Å²) in [6.07, 6.45) is 0. The molecule has 1 aliphatic heterocycles. The van der Waals surface area contributed by atoms with Crippen LogP contribution in [0.25, 0.3) is 0 Å². The Balaban J connectivity index is 2.53. The van der Waals surface area contributed by atoms with Crippen LogP contribution in [0.1, 0.15) is 20.8 Å². The Labute approximate surface area is 111 Å². The lowest BCUT2D eigenvalue weighted by atomic mass is 9.87. The molecule has 1 unspecified atom stereocenters. The number of benzene rings is 1. The second-order valence-electron chi connectivity index (χ2n) is 5.48. The second-order valence-corrected chi connectivity index (χ2v) is 8.40. The molecule has 0 aromatic heterocycles. The van der Waals surface area contributed by atoms with Gasteiger partial charge in [0.15, 0.2) is 9.84 Å². The van der Waals surface area contributed by atoms with Crippen LogP contribution >= 0.6 is 15.9 Å². The summed E-state index contributed by atoms with van der Waals surface area (Å²) in [6.45, 7) is 6.13. The first-order valence-corrected chi connectivity index (χ1v) is 7.93. The second kappa shape index (κ2) is 3.99. The van der Waals surface area contributed by atoms with E-state index in [9.17, 15) is 8.42 Å². The van der Waals surface area contributed by atoms with Crippen molar-refractivity contribution in [2.45, 2.75) is 31.7 Å². The molecule has 17 heavy (non-hydrogen) atoms. The van der Waals surface area contributed by atoms with Gasteiger partial charge in [0.1, 0.15) is 0 Å². The number of fused-ring (bicyclic) bond motifs is 1. The number of hydrogen-bond acceptors (Lipinski definition) is 3. The molecule has 1 aromatic carbocycles. The molecule has 0 amide bonds. The first-order valence-electron chi connectivity index (χ1n) is 5.49. The Bertz CT molecular complexity index is 546. The number of halogens is 1. The number of rotatable bonds is 0. The first kappa shape index (κ1) is 12.9. The molecule has 1 aromatic rings. The van der Waals surface area contributed by atoms with Gasteiger partial charge in [-0.3, -0.25) is 0 Å². The monoisotopic (exact) mass is 317 g/mol. The van der Waals surface area contributed by atoms with Crippen molar-refractivity contribution in [1.82, 2.24) is 0 Å². The van der Waals surface area contributed by atoms with Crippen molar-refractivity contribution in [2.24, 2.45) is 5.41 Å². The fourth-order valence-corrected chi connectivity index (χ4v) is 4.18. The fourth-order valence-electron chi connectivity index (χ4n) is 1.89. The summed E-state index contributed by atoms with van der Waals surface area (Å²) in [5.74, 6) is 0.158. The van der Waals surface area contributed by atoms with Gasteiger partial charge < -0.3 is 5.32 Å². The molecule has 1 aliphatic rings. The van der Waals surface area contributed by atoms with Crippen LogP contribution in [0.4, 0.5) is 5.69 Å². The summed E-state index contributed by atoms with van der Waals surface area (Å²) in [4.78, 5) is 0.404. The summed E-state index contributed by atoms with van der Waals surface area (Å²) in [5.41, 5.74) is 0.609. The molecule has 0 saturated heterocycles. The van der Waals surface area contributed by atoms with Gasteiger partial charge in [-0.1, -0.05) is 36.7 Å². The average molecular weight is 318 g/mol. The molecule has 0 radical (unpaired) electrons. The van der Waals surface area contributed by atoms with Gasteiger partial charge in [0.05, 0.1) is 16.3 Å². The molecule has 3 nitrogen and oxygen atoms in total. The number of nitrogens with one attached hydrogen (secondary N) is 1. The van der Waals surface area contributed by atoms with Gasteiger partial charge >= 0.3 is 0 Å². The zero-order valence-electron chi connectivity index (χ0n) is 10.1. The maximum absolute atomic E-state index is 12.2. The lowest BCUT2D eigenvalue weighted by molar-refractivity contribution is 0.356. The van der Waals surface area contributed by atoms with Gasteiger partial charge in [-0.05, 0) is 23.6 Å². The molecule has 0 aliphatic carbocycles. The van der Waals surface area contributed by atoms with E-state index in [0.29, 0.717) is 10.6 Å². The molecule has 2 rings (SSSR count). The predicted molar refractivity (Wildman–Crippen MR) is 73.1 cm³/mol. The molecule has 0 spiro atoms. The highest BCUT2D eigenvalue weighted by Crippen LogP contribution is 2.35. The lowest BCUT2D eigenvalue weighted by Crippen LogP contribution is -2.43. The van der Waals surface area contributed by atoms with Crippen molar-refractivity contribution >= 4 is 31.5 Å². The Hall–Kier alpha value is -0.550. The first-order chi connectivity index (χ1) is 7.70. The summed E-state index contributed by atoms with van der Waals surface area (Å²) in [7, 11) is -3.17. The number of hydrogen-bond donors (Lipinski definition) is 1. The molecule has 1 heterocycles. The van der Waals surface area contributed by atoms with Gasteiger partial charge in [-0.25, -0.2) is 8.42 Å². The smallest absolute Gasteiger partial charge is 0.182 e. The Morgan fingerprint density at radius 2 is 2.00 bits per heavy atom. The fraction of sp³-hybridized carbons (Fsp3) is 0.500. The minimum atomic E-state index is -3.17. The highest BCUT2D eigenvalue weighted by Gasteiger charge is 2.36. The van der Waals surface area contributed by atoms with Crippen LogP contribution in [0.15, 0.2) is 27.6 Å². The summed E-state index contributed by atoms with van der Waals surface area (Å²) in [6, 6.07) is 5.18. The van der Waals surface area contributed by atoms with Crippen molar-refractivity contribution in [3.05, 3.63) is 22.7 Å². The molecule has 5 heteroatoms. The quantitative estimate of drug-likeness (QED) is 0.800. The molecule has 1 N–H and O–H groups in total. The van der Waals surface area contributed by atoms with Crippen molar-refractivity contribution in [2.75, 3.05) is 11.1 Å². The van der Waals surface area contributed by atoms with Gasteiger partial charge in [0.2, 0.25) is 0 Å². The van der Waals surface area contributed by atoms with Gasteiger partial charge in [0.25, 0.3) is 0 Å².